The van der Waals surface area contributed by atoms with Gasteiger partial charge in [-0.3, -0.25) is 9.59 Å². The van der Waals surface area contributed by atoms with Crippen molar-refractivity contribution in [2.45, 2.75) is 64.5 Å². The second kappa shape index (κ2) is 9.30. The van der Waals surface area contributed by atoms with E-state index in [0.29, 0.717) is 56.8 Å². The highest BCUT2D eigenvalue weighted by atomic mass is 32.2. The van der Waals surface area contributed by atoms with Crippen molar-refractivity contribution < 1.29 is 22.4 Å². The highest BCUT2D eigenvalue weighted by Crippen LogP contribution is 2.24. The lowest BCUT2D eigenvalue weighted by molar-refractivity contribution is -0.137. The van der Waals surface area contributed by atoms with E-state index < -0.39 is 16.1 Å². The van der Waals surface area contributed by atoms with Gasteiger partial charge in [-0.2, -0.15) is 4.31 Å². The second-order valence-corrected chi connectivity index (χ2v) is 9.96. The molecule has 162 valence electrons. The summed E-state index contributed by atoms with van der Waals surface area (Å²) in [4.78, 5) is 27.1. The molecule has 3 rings (SSSR count). The highest BCUT2D eigenvalue weighted by Gasteiger charge is 2.39. The second-order valence-electron chi connectivity index (χ2n) is 7.92. The number of aryl methyl sites for hydroxylation is 1. The van der Waals surface area contributed by atoms with E-state index in [9.17, 15) is 18.0 Å². The maximum Gasteiger partial charge on any atom is 0.287 e. The molecule has 1 aromatic heterocycles. The highest BCUT2D eigenvalue weighted by molar-refractivity contribution is 7.89. The molecule has 0 saturated carbocycles. The summed E-state index contributed by atoms with van der Waals surface area (Å²) in [6.07, 6.45) is 4.07. The summed E-state index contributed by atoms with van der Waals surface area (Å²) in [6, 6.07) is 2.79. The summed E-state index contributed by atoms with van der Waals surface area (Å²) in [7, 11) is -3.40. The summed E-state index contributed by atoms with van der Waals surface area (Å²) < 4.78 is 32.0. The molecule has 0 aromatic carbocycles. The molecule has 2 fully saturated rings. The monoisotopic (exact) mass is 425 g/mol. The van der Waals surface area contributed by atoms with Gasteiger partial charge in [0.2, 0.25) is 15.9 Å². The van der Waals surface area contributed by atoms with Gasteiger partial charge < -0.3 is 14.6 Å². The molecule has 8 nitrogen and oxygen atoms in total. The van der Waals surface area contributed by atoms with Crippen LogP contribution in [0.2, 0.25) is 0 Å². The molecule has 1 atom stereocenters. The summed E-state index contributed by atoms with van der Waals surface area (Å²) in [5, 5.41) is 2.96. The quantitative estimate of drug-likeness (QED) is 0.750. The zero-order valence-corrected chi connectivity index (χ0v) is 18.0. The topological polar surface area (TPSA) is 99.9 Å². The van der Waals surface area contributed by atoms with E-state index in [2.05, 4.69) is 5.32 Å². The number of nitrogens with zero attached hydrogens (tertiary/aromatic N) is 2. The third kappa shape index (κ3) is 5.19. The molecule has 1 aromatic rings. The van der Waals surface area contributed by atoms with Crippen LogP contribution in [0.3, 0.4) is 0 Å². The third-order valence-corrected chi connectivity index (χ3v) is 7.74. The first-order chi connectivity index (χ1) is 13.8. The maximum atomic E-state index is 13.1. The number of hydrogen-bond donors (Lipinski definition) is 1. The molecule has 29 heavy (non-hydrogen) atoms. The van der Waals surface area contributed by atoms with Crippen molar-refractivity contribution in [2.24, 2.45) is 0 Å². The van der Waals surface area contributed by atoms with Gasteiger partial charge in [0.15, 0.2) is 5.76 Å². The van der Waals surface area contributed by atoms with Crippen molar-refractivity contribution in [3.05, 3.63) is 23.7 Å². The Hall–Kier alpha value is -1.87. The normalized spacial score (nSPS) is 21.9. The van der Waals surface area contributed by atoms with E-state index in [0.717, 1.165) is 12.8 Å². The average Bonchev–Trinajstić information content (AvgIpc) is 3.14. The predicted molar refractivity (Wildman–Crippen MR) is 109 cm³/mol. The van der Waals surface area contributed by atoms with Gasteiger partial charge in [-0.25, -0.2) is 8.42 Å². The van der Waals surface area contributed by atoms with Crippen LogP contribution >= 0.6 is 0 Å². The van der Waals surface area contributed by atoms with Crippen molar-refractivity contribution in [3.8, 4) is 0 Å². The Morgan fingerprint density at radius 2 is 1.86 bits per heavy atom. The van der Waals surface area contributed by atoms with Gasteiger partial charge in [-0.1, -0.05) is 13.3 Å². The van der Waals surface area contributed by atoms with Gasteiger partial charge in [0.1, 0.15) is 11.8 Å². The lowest BCUT2D eigenvalue weighted by Crippen LogP contribution is -2.56. The lowest BCUT2D eigenvalue weighted by Gasteiger charge is -2.39. The molecule has 1 N–H and O–H groups in total. The Morgan fingerprint density at radius 1 is 1.14 bits per heavy atom. The van der Waals surface area contributed by atoms with Crippen LogP contribution < -0.4 is 5.32 Å². The Morgan fingerprint density at radius 3 is 2.48 bits per heavy atom. The molecule has 2 aliphatic rings. The fourth-order valence-corrected chi connectivity index (χ4v) is 5.87. The number of carbonyl (C=O) groups excluding carboxylic acids is 2. The summed E-state index contributed by atoms with van der Waals surface area (Å²) in [6.45, 7) is 5.07. The minimum absolute atomic E-state index is 0.0248. The van der Waals surface area contributed by atoms with Gasteiger partial charge in [0.05, 0.1) is 5.75 Å². The fraction of sp³-hybridized carbons (Fsp3) is 0.700. The van der Waals surface area contributed by atoms with Crippen LogP contribution in [0.4, 0.5) is 0 Å². The van der Waals surface area contributed by atoms with Gasteiger partial charge in [0.25, 0.3) is 5.91 Å². The summed E-state index contributed by atoms with van der Waals surface area (Å²) >= 11 is 0. The van der Waals surface area contributed by atoms with Gasteiger partial charge in [-0.15, -0.1) is 0 Å². The number of piperidine rings is 2. The lowest BCUT2D eigenvalue weighted by atomic mass is 10.0. The van der Waals surface area contributed by atoms with E-state index in [4.69, 9.17) is 4.42 Å². The number of amides is 2. The van der Waals surface area contributed by atoms with Gasteiger partial charge in [-0.05, 0) is 51.2 Å². The van der Waals surface area contributed by atoms with Crippen LogP contribution in [0.15, 0.2) is 16.5 Å². The zero-order valence-electron chi connectivity index (χ0n) is 17.2. The molecule has 0 radical (unpaired) electrons. The molecule has 1 unspecified atom stereocenters. The molecule has 0 bridgehead atoms. The number of sulfonamides is 1. The third-order valence-electron chi connectivity index (χ3n) is 5.66. The maximum absolute atomic E-state index is 13.1. The van der Waals surface area contributed by atoms with E-state index in [-0.39, 0.29) is 23.6 Å². The van der Waals surface area contributed by atoms with Crippen molar-refractivity contribution in [3.63, 3.8) is 0 Å². The minimum Gasteiger partial charge on any atom is -0.456 e. The zero-order chi connectivity index (χ0) is 21.0. The Bertz CT molecular complexity index is 827. The van der Waals surface area contributed by atoms with Crippen LogP contribution in [0.1, 0.15) is 61.8 Å². The predicted octanol–water partition coefficient (Wildman–Crippen LogP) is 1.90. The Balaban J connectivity index is 1.56. The number of nitrogens with one attached hydrogen (secondary N) is 1. The van der Waals surface area contributed by atoms with Crippen molar-refractivity contribution in [1.29, 1.82) is 0 Å². The van der Waals surface area contributed by atoms with Crippen molar-refractivity contribution in [2.75, 3.05) is 25.4 Å². The van der Waals surface area contributed by atoms with Crippen molar-refractivity contribution in [1.82, 2.24) is 14.5 Å². The van der Waals surface area contributed by atoms with E-state index in [1.54, 1.807) is 24.0 Å². The first-order valence-corrected chi connectivity index (χ1v) is 12.1. The first-order valence-electron chi connectivity index (χ1n) is 10.5. The van der Waals surface area contributed by atoms with Crippen LogP contribution in [-0.4, -0.2) is 66.9 Å². The van der Waals surface area contributed by atoms with Gasteiger partial charge in [0, 0.05) is 25.7 Å². The van der Waals surface area contributed by atoms with E-state index in [1.807, 2.05) is 6.92 Å². The van der Waals surface area contributed by atoms with Crippen LogP contribution in [-0.2, 0) is 14.8 Å². The van der Waals surface area contributed by atoms with Crippen molar-refractivity contribution >= 4 is 21.8 Å². The number of likely N-dealkylation sites (tertiary alicyclic amines) is 1. The molecule has 2 saturated heterocycles. The molecule has 0 spiro atoms. The van der Waals surface area contributed by atoms with Crippen LogP contribution in [0.5, 0.6) is 0 Å². The van der Waals surface area contributed by atoms with E-state index in [1.165, 1.54) is 4.31 Å². The number of hydrogen-bond acceptors (Lipinski definition) is 5. The van der Waals surface area contributed by atoms with E-state index >= 15 is 0 Å². The molecular weight excluding hydrogens is 394 g/mol. The molecular formula is C20H31N3O5S. The largest absolute Gasteiger partial charge is 0.456 e. The van der Waals surface area contributed by atoms with Crippen LogP contribution in [0, 0.1) is 6.92 Å². The SMILES string of the molecule is CCCS(=O)(=O)N1CCCCC1C(=O)N1CCC(NC(=O)c2ccc(C)o2)CC1. The first kappa shape index (κ1) is 21.8. The standard InChI is InChI=1S/C20H31N3O5S/c1-3-14-29(26,27)23-11-5-4-6-17(23)20(25)22-12-9-16(10-13-22)21-19(24)18-8-7-15(2)28-18/h7-8,16-17H,3-6,9-14H2,1-2H3,(H,21,24). The Labute approximate surface area is 172 Å². The Kier molecular flexibility index (Phi) is 7.00. The average molecular weight is 426 g/mol. The molecule has 0 aliphatic carbocycles. The van der Waals surface area contributed by atoms with Crippen LogP contribution in [0.25, 0.3) is 0 Å². The fourth-order valence-electron chi connectivity index (χ4n) is 4.13. The molecule has 9 heteroatoms. The summed E-state index contributed by atoms with van der Waals surface area (Å²) in [5.74, 6) is 0.713. The molecule has 2 amide bonds. The minimum atomic E-state index is -3.40. The number of furan rings is 1. The summed E-state index contributed by atoms with van der Waals surface area (Å²) in [5.41, 5.74) is 0. The number of rotatable bonds is 6. The molecule has 3 heterocycles. The molecule has 2 aliphatic heterocycles. The number of carbonyl (C=O) groups is 2. The van der Waals surface area contributed by atoms with Gasteiger partial charge >= 0.3 is 0 Å². The smallest absolute Gasteiger partial charge is 0.287 e.